The van der Waals surface area contributed by atoms with Crippen LogP contribution >= 0.6 is 0 Å². The molecule has 0 radical (unpaired) electrons. The van der Waals surface area contributed by atoms with Crippen molar-refractivity contribution in [2.75, 3.05) is 17.5 Å². The van der Waals surface area contributed by atoms with E-state index < -0.39 is 10.0 Å². The van der Waals surface area contributed by atoms with Crippen LogP contribution in [0.4, 0.5) is 5.69 Å². The Labute approximate surface area is 158 Å². The van der Waals surface area contributed by atoms with Crippen molar-refractivity contribution in [3.8, 4) is 5.69 Å². The summed E-state index contributed by atoms with van der Waals surface area (Å²) < 4.78 is 27.0. The number of carbonyl (C=O) groups excluding carboxylic acids is 1. The molecule has 0 bridgehead atoms. The Kier molecular flexibility index (Phi) is 5.56. The van der Waals surface area contributed by atoms with E-state index in [0.29, 0.717) is 13.0 Å². The molecule has 0 aliphatic carbocycles. The maximum atomic E-state index is 12.4. The number of benzene rings is 2. The van der Waals surface area contributed by atoms with Crippen molar-refractivity contribution in [1.29, 1.82) is 0 Å². The van der Waals surface area contributed by atoms with Crippen LogP contribution in [-0.4, -0.2) is 36.9 Å². The molecule has 3 aromatic rings. The number of rotatable bonds is 7. The fourth-order valence-corrected chi connectivity index (χ4v) is 3.20. The van der Waals surface area contributed by atoms with Gasteiger partial charge in [-0.3, -0.25) is 9.52 Å². The number of sulfonamides is 1. The van der Waals surface area contributed by atoms with E-state index in [1.165, 1.54) is 0 Å². The van der Waals surface area contributed by atoms with Crippen molar-refractivity contribution in [1.82, 2.24) is 15.1 Å². The zero-order valence-electron chi connectivity index (χ0n) is 14.8. The second kappa shape index (κ2) is 8.05. The third kappa shape index (κ3) is 5.18. The Hall–Kier alpha value is -3.13. The average Bonchev–Trinajstić information content (AvgIpc) is 3.16. The standard InChI is InChI=1S/C19H20N4O3S/c1-27(25,26)22-18-6-3-2-5-17(18)19(24)20-13-11-15-7-9-16(10-8-15)23-14-4-12-21-23/h2-10,12,14,22H,11,13H2,1H3,(H,20,24). The van der Waals surface area contributed by atoms with Crippen LogP contribution in [0.2, 0.25) is 0 Å². The first-order chi connectivity index (χ1) is 12.9. The molecule has 7 nitrogen and oxygen atoms in total. The van der Waals surface area contributed by atoms with Gasteiger partial charge in [0.25, 0.3) is 5.91 Å². The Morgan fingerprint density at radius 1 is 1.07 bits per heavy atom. The number of nitrogens with one attached hydrogen (secondary N) is 2. The quantitative estimate of drug-likeness (QED) is 0.653. The van der Waals surface area contributed by atoms with Gasteiger partial charge in [0, 0.05) is 18.9 Å². The highest BCUT2D eigenvalue weighted by molar-refractivity contribution is 7.92. The molecule has 3 rings (SSSR count). The number of aromatic nitrogens is 2. The number of hydrogen-bond donors (Lipinski definition) is 2. The summed E-state index contributed by atoms with van der Waals surface area (Å²) in [5, 5.41) is 7.00. The summed E-state index contributed by atoms with van der Waals surface area (Å²) in [7, 11) is -3.46. The number of anilines is 1. The van der Waals surface area contributed by atoms with Gasteiger partial charge in [0.1, 0.15) is 0 Å². The van der Waals surface area contributed by atoms with Gasteiger partial charge in [-0.25, -0.2) is 13.1 Å². The maximum Gasteiger partial charge on any atom is 0.253 e. The lowest BCUT2D eigenvalue weighted by Crippen LogP contribution is -2.27. The van der Waals surface area contributed by atoms with Crippen molar-refractivity contribution in [2.24, 2.45) is 0 Å². The minimum Gasteiger partial charge on any atom is -0.352 e. The molecule has 0 saturated carbocycles. The summed E-state index contributed by atoms with van der Waals surface area (Å²) in [5.74, 6) is -0.324. The lowest BCUT2D eigenvalue weighted by Gasteiger charge is -2.11. The van der Waals surface area contributed by atoms with Crippen LogP contribution in [0.25, 0.3) is 5.69 Å². The van der Waals surface area contributed by atoms with Gasteiger partial charge in [0.05, 0.1) is 23.2 Å². The highest BCUT2D eigenvalue weighted by atomic mass is 32.2. The van der Waals surface area contributed by atoms with Crippen LogP contribution in [0, 0.1) is 0 Å². The third-order valence-electron chi connectivity index (χ3n) is 3.87. The summed E-state index contributed by atoms with van der Waals surface area (Å²) in [6.45, 7) is 0.438. The van der Waals surface area contributed by atoms with Gasteiger partial charge >= 0.3 is 0 Å². The van der Waals surface area contributed by atoms with Gasteiger partial charge < -0.3 is 5.32 Å². The molecule has 0 aliphatic rings. The second-order valence-electron chi connectivity index (χ2n) is 6.04. The fourth-order valence-electron chi connectivity index (χ4n) is 2.62. The molecule has 1 amide bonds. The van der Waals surface area contributed by atoms with Crippen molar-refractivity contribution >= 4 is 21.6 Å². The predicted molar refractivity (Wildman–Crippen MR) is 105 cm³/mol. The summed E-state index contributed by atoms with van der Waals surface area (Å²) in [6.07, 6.45) is 5.30. The van der Waals surface area contributed by atoms with Gasteiger partial charge in [-0.1, -0.05) is 24.3 Å². The van der Waals surface area contributed by atoms with Gasteiger partial charge in [0.2, 0.25) is 10.0 Å². The highest BCUT2D eigenvalue weighted by Crippen LogP contribution is 2.16. The smallest absolute Gasteiger partial charge is 0.253 e. The normalized spacial score (nSPS) is 11.1. The molecule has 0 saturated heterocycles. The summed E-state index contributed by atoms with van der Waals surface area (Å²) in [4.78, 5) is 12.4. The molecule has 140 valence electrons. The molecule has 0 unspecified atom stereocenters. The highest BCUT2D eigenvalue weighted by Gasteiger charge is 2.13. The number of hydrogen-bond acceptors (Lipinski definition) is 4. The van der Waals surface area contributed by atoms with Gasteiger partial charge in [-0.15, -0.1) is 0 Å². The van der Waals surface area contributed by atoms with Crippen molar-refractivity contribution in [3.05, 3.63) is 78.1 Å². The Balaban J connectivity index is 1.59. The predicted octanol–water partition coefficient (Wildman–Crippen LogP) is 2.22. The molecule has 1 aromatic heterocycles. The number of amides is 1. The van der Waals surface area contributed by atoms with Crippen molar-refractivity contribution in [3.63, 3.8) is 0 Å². The van der Waals surface area contributed by atoms with Gasteiger partial charge in [-0.2, -0.15) is 5.10 Å². The molecular weight excluding hydrogens is 364 g/mol. The molecule has 0 aliphatic heterocycles. The van der Waals surface area contributed by atoms with E-state index in [9.17, 15) is 13.2 Å². The topological polar surface area (TPSA) is 93.1 Å². The minimum atomic E-state index is -3.46. The SMILES string of the molecule is CS(=O)(=O)Nc1ccccc1C(=O)NCCc1ccc(-n2cccn2)cc1. The van der Waals surface area contributed by atoms with Crippen LogP contribution in [-0.2, 0) is 16.4 Å². The lowest BCUT2D eigenvalue weighted by molar-refractivity contribution is 0.0955. The number of nitrogens with zero attached hydrogens (tertiary/aromatic N) is 2. The van der Waals surface area contributed by atoms with E-state index in [1.54, 1.807) is 35.1 Å². The molecule has 2 N–H and O–H groups in total. The van der Waals surface area contributed by atoms with E-state index in [2.05, 4.69) is 15.1 Å². The van der Waals surface area contributed by atoms with Crippen LogP contribution < -0.4 is 10.0 Å². The third-order valence-corrected chi connectivity index (χ3v) is 4.46. The lowest BCUT2D eigenvalue weighted by atomic mass is 10.1. The molecule has 27 heavy (non-hydrogen) atoms. The van der Waals surface area contributed by atoms with E-state index in [-0.39, 0.29) is 17.2 Å². The Morgan fingerprint density at radius 2 is 1.81 bits per heavy atom. The fraction of sp³-hybridized carbons (Fsp3) is 0.158. The van der Waals surface area contributed by atoms with E-state index in [1.807, 2.05) is 36.5 Å². The molecule has 2 aromatic carbocycles. The summed E-state index contributed by atoms with van der Waals surface area (Å²) in [6, 6.07) is 16.3. The van der Waals surface area contributed by atoms with Crippen molar-refractivity contribution < 1.29 is 13.2 Å². The first-order valence-corrected chi connectivity index (χ1v) is 10.3. The van der Waals surface area contributed by atoms with Crippen LogP contribution in [0.5, 0.6) is 0 Å². The largest absolute Gasteiger partial charge is 0.352 e. The van der Waals surface area contributed by atoms with Gasteiger partial charge in [0.15, 0.2) is 0 Å². The van der Waals surface area contributed by atoms with E-state index >= 15 is 0 Å². The summed E-state index contributed by atoms with van der Waals surface area (Å²) >= 11 is 0. The molecular formula is C19H20N4O3S. The molecule has 8 heteroatoms. The van der Waals surface area contributed by atoms with E-state index in [4.69, 9.17) is 0 Å². The van der Waals surface area contributed by atoms with Crippen molar-refractivity contribution in [2.45, 2.75) is 6.42 Å². The monoisotopic (exact) mass is 384 g/mol. The summed E-state index contributed by atoms with van der Waals surface area (Å²) in [5.41, 5.74) is 2.60. The Morgan fingerprint density at radius 3 is 2.48 bits per heavy atom. The van der Waals surface area contributed by atoms with E-state index in [0.717, 1.165) is 17.5 Å². The number of para-hydroxylation sites is 1. The van der Waals surface area contributed by atoms with Crippen LogP contribution in [0.15, 0.2) is 67.0 Å². The molecule has 0 spiro atoms. The molecule has 0 fully saturated rings. The maximum absolute atomic E-state index is 12.4. The van der Waals surface area contributed by atoms with Gasteiger partial charge in [-0.05, 0) is 42.3 Å². The molecule has 0 atom stereocenters. The molecule has 1 heterocycles. The van der Waals surface area contributed by atoms with Crippen LogP contribution in [0.3, 0.4) is 0 Å². The first-order valence-electron chi connectivity index (χ1n) is 8.36. The minimum absolute atomic E-state index is 0.265. The zero-order chi connectivity index (χ0) is 19.3. The second-order valence-corrected chi connectivity index (χ2v) is 7.79. The number of carbonyl (C=O) groups is 1. The zero-order valence-corrected chi connectivity index (χ0v) is 15.6. The van der Waals surface area contributed by atoms with Crippen LogP contribution in [0.1, 0.15) is 15.9 Å². The Bertz CT molecular complexity index is 1010. The average molecular weight is 384 g/mol. The first kappa shape index (κ1) is 18.7.